The third-order valence-electron chi connectivity index (χ3n) is 3.33. The maximum atomic E-state index is 11.5. The molecule has 0 fully saturated rings. The predicted octanol–water partition coefficient (Wildman–Crippen LogP) is 2.30. The fourth-order valence-electron chi connectivity index (χ4n) is 2.26. The van der Waals surface area contributed by atoms with Crippen molar-refractivity contribution in [3.05, 3.63) is 53.9 Å². The van der Waals surface area contributed by atoms with E-state index in [9.17, 15) is 4.21 Å². The van der Waals surface area contributed by atoms with Gasteiger partial charge < -0.3 is 4.57 Å². The van der Waals surface area contributed by atoms with E-state index in [0.29, 0.717) is 5.16 Å². The third kappa shape index (κ3) is 2.36. The van der Waals surface area contributed by atoms with Gasteiger partial charge >= 0.3 is 0 Å². The molecule has 20 heavy (non-hydrogen) atoms. The van der Waals surface area contributed by atoms with E-state index in [-0.39, 0.29) is 0 Å². The molecule has 0 radical (unpaired) electrons. The molecule has 0 amide bonds. The van der Waals surface area contributed by atoms with Crippen molar-refractivity contribution in [2.75, 3.05) is 6.26 Å². The van der Waals surface area contributed by atoms with Crippen LogP contribution in [-0.4, -0.2) is 25.0 Å². The Balaban J connectivity index is 2.05. The first-order valence-corrected chi connectivity index (χ1v) is 7.89. The highest BCUT2D eigenvalue weighted by atomic mass is 32.2. The van der Waals surface area contributed by atoms with Gasteiger partial charge in [0.25, 0.3) is 0 Å². The van der Waals surface area contributed by atoms with Crippen molar-refractivity contribution >= 4 is 21.8 Å². The van der Waals surface area contributed by atoms with Gasteiger partial charge in [-0.25, -0.2) is 9.97 Å². The molecule has 0 spiro atoms. The summed E-state index contributed by atoms with van der Waals surface area (Å²) in [7, 11) is 0.825. The van der Waals surface area contributed by atoms with E-state index in [4.69, 9.17) is 0 Å². The van der Waals surface area contributed by atoms with Crippen LogP contribution in [0.1, 0.15) is 11.3 Å². The molecule has 0 bridgehead atoms. The number of rotatable bonds is 3. The maximum Gasteiger partial charge on any atom is 0.220 e. The minimum atomic E-state index is -1.16. The quantitative estimate of drug-likeness (QED) is 0.694. The van der Waals surface area contributed by atoms with Crippen LogP contribution in [0.4, 0.5) is 0 Å². The fraction of sp³-hybridized carbons (Fsp3) is 0.200. The van der Waals surface area contributed by atoms with E-state index < -0.39 is 10.8 Å². The average molecular weight is 285 g/mol. The van der Waals surface area contributed by atoms with E-state index in [1.54, 1.807) is 12.5 Å². The van der Waals surface area contributed by atoms with Crippen molar-refractivity contribution in [1.29, 1.82) is 0 Å². The lowest BCUT2D eigenvalue weighted by atomic mass is 10.1. The summed E-state index contributed by atoms with van der Waals surface area (Å²) in [4.78, 5) is 8.53. The number of fused-ring (bicyclic) bond motifs is 1. The molecule has 5 heteroatoms. The summed E-state index contributed by atoms with van der Waals surface area (Å²) in [5, 5.41) is 1.36. The van der Waals surface area contributed by atoms with Crippen LogP contribution in [-0.2, 0) is 24.3 Å². The monoisotopic (exact) mass is 285 g/mol. The molecule has 1 atom stereocenters. The van der Waals surface area contributed by atoms with Crippen LogP contribution in [0.15, 0.2) is 47.8 Å². The second-order valence-electron chi connectivity index (χ2n) is 4.74. The normalized spacial score (nSPS) is 12.7. The Morgan fingerprint density at radius 2 is 2.00 bits per heavy atom. The maximum absolute atomic E-state index is 11.5. The topological polar surface area (TPSA) is 47.8 Å². The molecule has 2 heterocycles. The Morgan fingerprint density at radius 1 is 1.25 bits per heavy atom. The van der Waals surface area contributed by atoms with Crippen LogP contribution < -0.4 is 0 Å². The number of aromatic nitrogens is 3. The summed E-state index contributed by atoms with van der Waals surface area (Å²) >= 11 is 0. The molecule has 0 N–H and O–H groups in total. The molecule has 102 valence electrons. The Hall–Kier alpha value is -2.01. The first kappa shape index (κ1) is 13.0. The summed E-state index contributed by atoms with van der Waals surface area (Å²) in [5.41, 5.74) is 3.25. The van der Waals surface area contributed by atoms with Crippen molar-refractivity contribution in [2.45, 2.75) is 11.6 Å². The molecule has 2 aromatic heterocycles. The number of benzene rings is 1. The van der Waals surface area contributed by atoms with Gasteiger partial charge in [-0.15, -0.1) is 0 Å². The number of hydrogen-bond donors (Lipinski definition) is 0. The van der Waals surface area contributed by atoms with Crippen molar-refractivity contribution in [1.82, 2.24) is 14.5 Å². The lowest BCUT2D eigenvalue weighted by Crippen LogP contribution is -2.01. The molecule has 1 unspecified atom stereocenters. The van der Waals surface area contributed by atoms with Crippen LogP contribution in [0, 0.1) is 0 Å². The first-order valence-electron chi connectivity index (χ1n) is 6.34. The van der Waals surface area contributed by atoms with Gasteiger partial charge in [-0.3, -0.25) is 4.21 Å². The zero-order valence-corrected chi connectivity index (χ0v) is 12.2. The van der Waals surface area contributed by atoms with Crippen molar-refractivity contribution in [2.24, 2.45) is 7.05 Å². The van der Waals surface area contributed by atoms with Gasteiger partial charge in [0.2, 0.25) is 5.16 Å². The lowest BCUT2D eigenvalue weighted by Gasteiger charge is -2.04. The fourth-order valence-corrected chi connectivity index (χ4v) is 2.68. The van der Waals surface area contributed by atoms with Crippen LogP contribution >= 0.6 is 0 Å². The average Bonchev–Trinajstić information content (AvgIpc) is 2.76. The van der Waals surface area contributed by atoms with Gasteiger partial charge in [0.05, 0.1) is 10.8 Å². The molecule has 1 aromatic carbocycles. The summed E-state index contributed by atoms with van der Waals surface area (Å²) in [5.74, 6) is 0. The first-order chi connectivity index (χ1) is 9.65. The number of aryl methyl sites for hydroxylation is 1. The Kier molecular flexibility index (Phi) is 3.36. The van der Waals surface area contributed by atoms with Gasteiger partial charge in [0, 0.05) is 37.0 Å². The number of hydrogen-bond acceptors (Lipinski definition) is 3. The minimum absolute atomic E-state index is 0.380. The highest BCUT2D eigenvalue weighted by Gasteiger charge is 2.10. The van der Waals surface area contributed by atoms with Crippen LogP contribution in [0.3, 0.4) is 0 Å². The SMILES string of the molecule is Cn1c(Cc2ccccc2)cc2cnc(S(C)=O)nc21. The molecule has 0 aliphatic heterocycles. The molecule has 3 aromatic rings. The Bertz CT molecular complexity index is 780. The lowest BCUT2D eigenvalue weighted by molar-refractivity contribution is 0.680. The molecular formula is C15H15N3OS. The molecule has 4 nitrogen and oxygen atoms in total. The molecule has 0 aliphatic rings. The largest absolute Gasteiger partial charge is 0.332 e. The standard InChI is InChI=1S/C15H15N3OS/c1-18-13(8-11-6-4-3-5-7-11)9-12-10-16-15(20(2)19)17-14(12)18/h3-7,9-10H,8H2,1-2H3. The van der Waals surface area contributed by atoms with Gasteiger partial charge in [-0.05, 0) is 11.6 Å². The predicted molar refractivity (Wildman–Crippen MR) is 80.1 cm³/mol. The Labute approximate surface area is 119 Å². The minimum Gasteiger partial charge on any atom is -0.332 e. The van der Waals surface area contributed by atoms with E-state index in [0.717, 1.165) is 17.5 Å². The van der Waals surface area contributed by atoms with Gasteiger partial charge in [-0.2, -0.15) is 0 Å². The smallest absolute Gasteiger partial charge is 0.220 e. The van der Waals surface area contributed by atoms with Crippen LogP contribution in [0.5, 0.6) is 0 Å². The molecule has 0 aliphatic carbocycles. The summed E-state index contributed by atoms with van der Waals surface area (Å²) in [6.07, 6.45) is 4.18. The van der Waals surface area contributed by atoms with Crippen LogP contribution in [0.2, 0.25) is 0 Å². The van der Waals surface area contributed by atoms with E-state index in [1.807, 2.05) is 29.8 Å². The highest BCUT2D eigenvalue weighted by molar-refractivity contribution is 7.84. The van der Waals surface area contributed by atoms with Gasteiger partial charge in [0.15, 0.2) is 0 Å². The van der Waals surface area contributed by atoms with Gasteiger partial charge in [0.1, 0.15) is 5.65 Å². The molecule has 0 saturated carbocycles. The van der Waals surface area contributed by atoms with Gasteiger partial charge in [-0.1, -0.05) is 30.3 Å². The summed E-state index contributed by atoms with van der Waals surface area (Å²) in [6.45, 7) is 0. The van der Waals surface area contributed by atoms with E-state index in [2.05, 4.69) is 28.2 Å². The summed E-state index contributed by atoms with van der Waals surface area (Å²) in [6, 6.07) is 12.4. The van der Waals surface area contributed by atoms with Crippen molar-refractivity contribution < 1.29 is 4.21 Å². The molecule has 3 rings (SSSR count). The van der Waals surface area contributed by atoms with Crippen molar-refractivity contribution in [3.63, 3.8) is 0 Å². The second kappa shape index (κ2) is 5.17. The van der Waals surface area contributed by atoms with Crippen molar-refractivity contribution in [3.8, 4) is 0 Å². The zero-order valence-electron chi connectivity index (χ0n) is 11.4. The van der Waals surface area contributed by atoms with E-state index in [1.165, 1.54) is 11.3 Å². The molecular weight excluding hydrogens is 270 g/mol. The zero-order chi connectivity index (χ0) is 14.1. The third-order valence-corrected chi connectivity index (χ3v) is 4.04. The van der Waals surface area contributed by atoms with E-state index >= 15 is 0 Å². The molecule has 0 saturated heterocycles. The Morgan fingerprint density at radius 3 is 2.70 bits per heavy atom. The summed E-state index contributed by atoms with van der Waals surface area (Å²) < 4.78 is 13.5. The van der Waals surface area contributed by atoms with Crippen LogP contribution in [0.25, 0.3) is 11.0 Å². The second-order valence-corrected chi connectivity index (χ2v) is 6.02. The number of nitrogens with zero attached hydrogens (tertiary/aromatic N) is 3. The highest BCUT2D eigenvalue weighted by Crippen LogP contribution is 2.19.